The minimum absolute atomic E-state index is 0.0355. The lowest BCUT2D eigenvalue weighted by Crippen LogP contribution is -2.50. The van der Waals surface area contributed by atoms with Crippen molar-refractivity contribution in [1.29, 1.82) is 0 Å². The third-order valence-corrected chi connectivity index (χ3v) is 6.05. The SMILES string of the molecule is O=C1CCN(COCCCS(=O)(=O)NC2(c3ccccc3)CC2)C(=O)N1. The molecule has 1 aliphatic carbocycles. The highest BCUT2D eigenvalue weighted by atomic mass is 32.2. The molecule has 2 N–H and O–H groups in total. The van der Waals surface area contributed by atoms with Crippen LogP contribution < -0.4 is 10.0 Å². The fourth-order valence-electron chi connectivity index (χ4n) is 2.93. The number of hydrogen-bond donors (Lipinski definition) is 2. The highest BCUT2D eigenvalue weighted by Crippen LogP contribution is 2.45. The van der Waals surface area contributed by atoms with Gasteiger partial charge in [0, 0.05) is 19.6 Å². The van der Waals surface area contributed by atoms with Gasteiger partial charge in [-0.25, -0.2) is 17.9 Å². The second-order valence-corrected chi connectivity index (χ2v) is 8.47. The molecule has 142 valence electrons. The van der Waals surface area contributed by atoms with Crippen molar-refractivity contribution < 1.29 is 22.7 Å². The number of carbonyl (C=O) groups is 2. The van der Waals surface area contributed by atoms with E-state index in [1.54, 1.807) is 0 Å². The fourth-order valence-corrected chi connectivity index (χ4v) is 4.45. The van der Waals surface area contributed by atoms with Gasteiger partial charge in [-0.3, -0.25) is 10.1 Å². The fraction of sp³-hybridized carbons (Fsp3) is 0.529. The molecule has 0 aromatic heterocycles. The van der Waals surface area contributed by atoms with Crippen LogP contribution in [-0.4, -0.2) is 50.9 Å². The van der Waals surface area contributed by atoms with Crippen LogP contribution in [0.25, 0.3) is 0 Å². The lowest BCUT2D eigenvalue weighted by molar-refractivity contribution is -0.122. The Bertz CT molecular complexity index is 762. The molecule has 9 heteroatoms. The molecule has 0 atom stereocenters. The number of nitrogens with one attached hydrogen (secondary N) is 2. The maximum absolute atomic E-state index is 12.3. The first-order chi connectivity index (χ1) is 12.4. The molecule has 0 bridgehead atoms. The van der Waals surface area contributed by atoms with Gasteiger partial charge in [-0.2, -0.15) is 0 Å². The molecule has 1 aromatic carbocycles. The van der Waals surface area contributed by atoms with Gasteiger partial charge in [0.25, 0.3) is 0 Å². The van der Waals surface area contributed by atoms with Crippen molar-refractivity contribution in [1.82, 2.24) is 14.9 Å². The molecule has 3 rings (SSSR count). The van der Waals surface area contributed by atoms with Crippen molar-refractivity contribution in [2.24, 2.45) is 0 Å². The lowest BCUT2D eigenvalue weighted by atomic mass is 10.1. The van der Waals surface area contributed by atoms with Crippen molar-refractivity contribution in [3.63, 3.8) is 0 Å². The topological polar surface area (TPSA) is 105 Å². The van der Waals surface area contributed by atoms with Gasteiger partial charge in [0.15, 0.2) is 0 Å². The molecule has 1 aliphatic heterocycles. The first-order valence-corrected chi connectivity index (χ1v) is 10.3. The normalized spacial score (nSPS) is 19.3. The Kier molecular flexibility index (Phi) is 5.59. The van der Waals surface area contributed by atoms with Crippen molar-refractivity contribution >= 4 is 22.0 Å². The highest BCUT2D eigenvalue weighted by Gasteiger charge is 2.46. The number of benzene rings is 1. The van der Waals surface area contributed by atoms with Gasteiger partial charge < -0.3 is 9.64 Å². The number of sulfonamides is 1. The molecular formula is C17H23N3O5S. The van der Waals surface area contributed by atoms with Crippen molar-refractivity contribution in [2.45, 2.75) is 31.2 Å². The molecule has 0 unspecified atom stereocenters. The van der Waals surface area contributed by atoms with Crippen molar-refractivity contribution in [2.75, 3.05) is 25.6 Å². The maximum Gasteiger partial charge on any atom is 0.325 e. The van der Waals surface area contributed by atoms with E-state index >= 15 is 0 Å². The molecule has 3 amide bonds. The highest BCUT2D eigenvalue weighted by molar-refractivity contribution is 7.89. The first kappa shape index (κ1) is 18.8. The Balaban J connectivity index is 1.39. The summed E-state index contributed by atoms with van der Waals surface area (Å²) >= 11 is 0. The zero-order valence-corrected chi connectivity index (χ0v) is 15.3. The standard InChI is InChI=1S/C17H23N3O5S/c21-15-7-10-20(16(22)18-15)13-25-11-4-12-26(23,24)19-17(8-9-17)14-5-2-1-3-6-14/h1-3,5-6,19H,4,7-13H2,(H,18,21,22). The maximum atomic E-state index is 12.3. The molecule has 1 heterocycles. The number of amides is 3. The van der Waals surface area contributed by atoms with E-state index < -0.39 is 21.6 Å². The van der Waals surface area contributed by atoms with Gasteiger partial charge in [0.05, 0.1) is 11.3 Å². The average Bonchev–Trinajstić information content (AvgIpc) is 3.37. The molecule has 8 nitrogen and oxygen atoms in total. The Morgan fingerprint density at radius 2 is 1.92 bits per heavy atom. The third kappa shape index (κ3) is 4.80. The predicted octanol–water partition coefficient (Wildman–Crippen LogP) is 0.901. The summed E-state index contributed by atoms with van der Waals surface area (Å²) < 4.78 is 32.9. The second kappa shape index (κ2) is 7.73. The van der Waals surface area contributed by atoms with Crippen LogP contribution in [0.4, 0.5) is 4.79 Å². The van der Waals surface area contributed by atoms with Gasteiger partial charge in [-0.05, 0) is 24.8 Å². The van der Waals surface area contributed by atoms with Crippen LogP contribution in [-0.2, 0) is 25.1 Å². The molecule has 1 saturated heterocycles. The number of ether oxygens (including phenoxy) is 1. The molecule has 2 fully saturated rings. The number of hydrogen-bond acceptors (Lipinski definition) is 5. The zero-order valence-electron chi connectivity index (χ0n) is 14.4. The summed E-state index contributed by atoms with van der Waals surface area (Å²) in [6.07, 6.45) is 2.18. The predicted molar refractivity (Wildman–Crippen MR) is 94.6 cm³/mol. The number of imide groups is 1. The van der Waals surface area contributed by atoms with E-state index in [9.17, 15) is 18.0 Å². The van der Waals surface area contributed by atoms with Gasteiger partial charge in [-0.1, -0.05) is 30.3 Å². The Labute approximate surface area is 152 Å². The minimum Gasteiger partial charge on any atom is -0.361 e. The van der Waals surface area contributed by atoms with Crippen LogP contribution in [0.3, 0.4) is 0 Å². The van der Waals surface area contributed by atoms with E-state index in [1.807, 2.05) is 30.3 Å². The van der Waals surface area contributed by atoms with Crippen LogP contribution in [0.1, 0.15) is 31.2 Å². The summed E-state index contributed by atoms with van der Waals surface area (Å²) in [7, 11) is -3.42. The molecule has 1 saturated carbocycles. The molecule has 2 aliphatic rings. The van der Waals surface area contributed by atoms with Crippen LogP contribution >= 0.6 is 0 Å². The second-order valence-electron chi connectivity index (χ2n) is 6.63. The number of nitrogens with zero attached hydrogens (tertiary/aromatic N) is 1. The Morgan fingerprint density at radius 1 is 1.19 bits per heavy atom. The van der Waals surface area contributed by atoms with Gasteiger partial charge in [0.1, 0.15) is 6.73 Å². The molecule has 0 radical (unpaired) electrons. The largest absolute Gasteiger partial charge is 0.361 e. The first-order valence-electron chi connectivity index (χ1n) is 8.64. The lowest BCUT2D eigenvalue weighted by Gasteiger charge is -2.26. The summed E-state index contributed by atoms with van der Waals surface area (Å²) in [6.45, 7) is 0.571. The van der Waals surface area contributed by atoms with E-state index in [-0.39, 0.29) is 31.4 Å². The van der Waals surface area contributed by atoms with Crippen LogP contribution in [0.2, 0.25) is 0 Å². The summed E-state index contributed by atoms with van der Waals surface area (Å²) in [6, 6.07) is 9.11. The summed E-state index contributed by atoms with van der Waals surface area (Å²) in [5.41, 5.74) is 0.532. The van der Waals surface area contributed by atoms with E-state index in [1.165, 1.54) is 4.90 Å². The number of carbonyl (C=O) groups excluding carboxylic acids is 2. The molecule has 0 spiro atoms. The van der Waals surface area contributed by atoms with Crippen LogP contribution in [0.5, 0.6) is 0 Å². The number of rotatable bonds is 9. The molecular weight excluding hydrogens is 358 g/mol. The monoisotopic (exact) mass is 381 g/mol. The quantitative estimate of drug-likeness (QED) is 0.619. The van der Waals surface area contributed by atoms with Crippen molar-refractivity contribution in [3.8, 4) is 0 Å². The Hall–Kier alpha value is -1.97. The van der Waals surface area contributed by atoms with E-state index in [2.05, 4.69) is 10.0 Å². The number of urea groups is 1. The van der Waals surface area contributed by atoms with Crippen LogP contribution in [0, 0.1) is 0 Å². The summed E-state index contributed by atoms with van der Waals surface area (Å²) in [5, 5.41) is 2.20. The summed E-state index contributed by atoms with van der Waals surface area (Å²) in [5.74, 6) is -0.331. The third-order valence-electron chi connectivity index (χ3n) is 4.52. The average molecular weight is 381 g/mol. The van der Waals surface area contributed by atoms with Crippen LogP contribution in [0.15, 0.2) is 30.3 Å². The minimum atomic E-state index is -3.42. The van der Waals surface area contributed by atoms with Gasteiger partial charge in [-0.15, -0.1) is 0 Å². The van der Waals surface area contributed by atoms with Crippen molar-refractivity contribution in [3.05, 3.63) is 35.9 Å². The summed E-state index contributed by atoms with van der Waals surface area (Å²) in [4.78, 5) is 24.0. The van der Waals surface area contributed by atoms with Gasteiger partial charge >= 0.3 is 6.03 Å². The van der Waals surface area contributed by atoms with E-state index in [0.29, 0.717) is 13.0 Å². The Morgan fingerprint density at radius 3 is 2.58 bits per heavy atom. The smallest absolute Gasteiger partial charge is 0.325 e. The van der Waals surface area contributed by atoms with E-state index in [4.69, 9.17) is 4.74 Å². The molecule has 1 aromatic rings. The van der Waals surface area contributed by atoms with Gasteiger partial charge in [0.2, 0.25) is 15.9 Å². The van der Waals surface area contributed by atoms with E-state index in [0.717, 1.165) is 18.4 Å². The zero-order chi connectivity index (χ0) is 18.6. The molecule has 26 heavy (non-hydrogen) atoms.